The highest BCUT2D eigenvalue weighted by Gasteiger charge is 2.19. The number of hydrogen-bond acceptors (Lipinski definition) is 6. The van der Waals surface area contributed by atoms with Crippen LogP contribution in [0, 0.1) is 11.8 Å². The molecule has 0 aromatic heterocycles. The molecule has 338 valence electrons. The predicted octanol–water partition coefficient (Wildman–Crippen LogP) is 16.1. The zero-order valence-corrected chi connectivity index (χ0v) is 39.0. The summed E-state index contributed by atoms with van der Waals surface area (Å²) in [5.41, 5.74) is 0. The standard InChI is InChI=1S/C51H98O6/c1-6-7-8-9-10-11-14-21-26-31-36-41-49(52)55-44-48(57-51(54)43-38-33-28-23-18-13-16-20-25-30-35-40-47(4)5)45-56-50(53)42-37-32-27-22-17-12-15-19-24-29-34-39-46(2)3/h46-48H,6-45H2,1-5H3/t48-/m0/s1. The van der Waals surface area contributed by atoms with Crippen molar-refractivity contribution >= 4 is 17.9 Å². The van der Waals surface area contributed by atoms with Gasteiger partial charge >= 0.3 is 17.9 Å². The van der Waals surface area contributed by atoms with Crippen molar-refractivity contribution in [1.29, 1.82) is 0 Å². The first-order chi connectivity index (χ1) is 27.7. The largest absolute Gasteiger partial charge is 0.462 e. The van der Waals surface area contributed by atoms with Gasteiger partial charge in [0.05, 0.1) is 0 Å². The maximum absolute atomic E-state index is 12.8. The summed E-state index contributed by atoms with van der Waals surface area (Å²) < 4.78 is 16.8. The molecule has 0 aliphatic rings. The molecule has 6 heteroatoms. The molecule has 0 aliphatic heterocycles. The third-order valence-corrected chi connectivity index (χ3v) is 11.5. The van der Waals surface area contributed by atoms with E-state index >= 15 is 0 Å². The molecule has 0 saturated carbocycles. The van der Waals surface area contributed by atoms with Crippen LogP contribution in [-0.4, -0.2) is 37.2 Å². The fourth-order valence-corrected chi connectivity index (χ4v) is 7.64. The second-order valence-electron chi connectivity index (χ2n) is 18.4. The summed E-state index contributed by atoms with van der Waals surface area (Å²) >= 11 is 0. The van der Waals surface area contributed by atoms with E-state index < -0.39 is 6.10 Å². The zero-order valence-electron chi connectivity index (χ0n) is 39.0. The first kappa shape index (κ1) is 55.4. The number of unbranched alkanes of at least 4 members (excludes halogenated alkanes) is 30. The lowest BCUT2D eigenvalue weighted by Crippen LogP contribution is -2.30. The maximum Gasteiger partial charge on any atom is 0.306 e. The second-order valence-corrected chi connectivity index (χ2v) is 18.4. The van der Waals surface area contributed by atoms with Crippen LogP contribution in [0.1, 0.15) is 279 Å². The molecule has 0 saturated heterocycles. The van der Waals surface area contributed by atoms with E-state index in [1.165, 1.54) is 167 Å². The molecule has 0 aromatic carbocycles. The second kappa shape index (κ2) is 44.0. The van der Waals surface area contributed by atoms with E-state index in [4.69, 9.17) is 14.2 Å². The number of carbonyl (C=O) groups is 3. The van der Waals surface area contributed by atoms with Crippen LogP contribution in [0.3, 0.4) is 0 Å². The minimum Gasteiger partial charge on any atom is -0.462 e. The molecule has 6 nitrogen and oxygen atoms in total. The van der Waals surface area contributed by atoms with Crippen LogP contribution in [-0.2, 0) is 28.6 Å². The summed E-state index contributed by atoms with van der Waals surface area (Å²) in [7, 11) is 0. The van der Waals surface area contributed by atoms with E-state index in [1.54, 1.807) is 0 Å². The van der Waals surface area contributed by atoms with E-state index in [0.717, 1.165) is 69.6 Å². The number of ether oxygens (including phenoxy) is 3. The van der Waals surface area contributed by atoms with Gasteiger partial charge in [-0.1, -0.05) is 240 Å². The molecule has 0 aliphatic carbocycles. The lowest BCUT2D eigenvalue weighted by atomic mass is 10.0. The molecule has 0 fully saturated rings. The first-order valence-corrected chi connectivity index (χ1v) is 25.2. The third-order valence-electron chi connectivity index (χ3n) is 11.5. The summed E-state index contributed by atoms with van der Waals surface area (Å²) in [6, 6.07) is 0. The highest BCUT2D eigenvalue weighted by atomic mass is 16.6. The van der Waals surface area contributed by atoms with Crippen molar-refractivity contribution < 1.29 is 28.6 Å². The van der Waals surface area contributed by atoms with Crippen LogP contribution in [0.4, 0.5) is 0 Å². The molecular formula is C51H98O6. The Kier molecular flexibility index (Phi) is 42.7. The summed E-state index contributed by atoms with van der Waals surface area (Å²) in [4.78, 5) is 37.9. The predicted molar refractivity (Wildman–Crippen MR) is 243 cm³/mol. The molecule has 0 unspecified atom stereocenters. The van der Waals surface area contributed by atoms with Gasteiger partial charge in [-0.05, 0) is 31.1 Å². The number of rotatable bonds is 45. The van der Waals surface area contributed by atoms with Crippen LogP contribution in [0.15, 0.2) is 0 Å². The topological polar surface area (TPSA) is 78.9 Å². The van der Waals surface area contributed by atoms with Crippen LogP contribution < -0.4 is 0 Å². The molecule has 0 amide bonds. The Morgan fingerprint density at radius 2 is 0.579 bits per heavy atom. The lowest BCUT2D eigenvalue weighted by molar-refractivity contribution is -0.167. The monoisotopic (exact) mass is 807 g/mol. The molecule has 0 spiro atoms. The SMILES string of the molecule is CCCCCCCCCCCCCC(=O)OC[C@@H](COC(=O)CCCCCCCCCCCCCC(C)C)OC(=O)CCCCCCCCCCCCCC(C)C. The quantitative estimate of drug-likeness (QED) is 0.0346. The molecule has 0 heterocycles. The van der Waals surface area contributed by atoms with Gasteiger partial charge in [-0.15, -0.1) is 0 Å². The molecule has 0 radical (unpaired) electrons. The summed E-state index contributed by atoms with van der Waals surface area (Å²) in [5.74, 6) is 0.801. The van der Waals surface area contributed by atoms with E-state index in [9.17, 15) is 14.4 Å². The van der Waals surface area contributed by atoms with Crippen molar-refractivity contribution in [2.24, 2.45) is 11.8 Å². The Labute approximate surface area is 355 Å². The fourth-order valence-electron chi connectivity index (χ4n) is 7.64. The Morgan fingerprint density at radius 1 is 0.333 bits per heavy atom. The van der Waals surface area contributed by atoms with Gasteiger partial charge in [-0.3, -0.25) is 14.4 Å². The molecule has 57 heavy (non-hydrogen) atoms. The zero-order chi connectivity index (χ0) is 41.9. The van der Waals surface area contributed by atoms with Crippen molar-refractivity contribution in [3.05, 3.63) is 0 Å². The molecule has 0 N–H and O–H groups in total. The van der Waals surface area contributed by atoms with Gasteiger partial charge in [-0.2, -0.15) is 0 Å². The van der Waals surface area contributed by atoms with Gasteiger partial charge < -0.3 is 14.2 Å². The lowest BCUT2D eigenvalue weighted by Gasteiger charge is -2.18. The average molecular weight is 807 g/mol. The number of esters is 3. The van der Waals surface area contributed by atoms with Gasteiger partial charge in [-0.25, -0.2) is 0 Å². The Hall–Kier alpha value is -1.59. The molecular weight excluding hydrogens is 709 g/mol. The summed E-state index contributed by atoms with van der Waals surface area (Å²) in [6.45, 7) is 11.4. The van der Waals surface area contributed by atoms with E-state index in [1.807, 2.05) is 0 Å². The van der Waals surface area contributed by atoms with Gasteiger partial charge in [0.25, 0.3) is 0 Å². The van der Waals surface area contributed by atoms with Crippen molar-refractivity contribution in [2.45, 2.75) is 285 Å². The van der Waals surface area contributed by atoms with Crippen LogP contribution in [0.2, 0.25) is 0 Å². The van der Waals surface area contributed by atoms with Gasteiger partial charge in [0.15, 0.2) is 6.10 Å². The minimum atomic E-state index is -0.761. The Balaban J connectivity index is 4.32. The van der Waals surface area contributed by atoms with Crippen molar-refractivity contribution in [2.75, 3.05) is 13.2 Å². The Bertz CT molecular complexity index is 870. The highest BCUT2D eigenvalue weighted by Crippen LogP contribution is 2.17. The van der Waals surface area contributed by atoms with Crippen LogP contribution >= 0.6 is 0 Å². The Morgan fingerprint density at radius 3 is 0.860 bits per heavy atom. The number of carbonyl (C=O) groups excluding carboxylic acids is 3. The number of hydrogen-bond donors (Lipinski definition) is 0. The molecule has 0 rings (SSSR count). The van der Waals surface area contributed by atoms with Crippen molar-refractivity contribution in [1.82, 2.24) is 0 Å². The highest BCUT2D eigenvalue weighted by molar-refractivity contribution is 5.71. The van der Waals surface area contributed by atoms with Gasteiger partial charge in [0, 0.05) is 19.3 Å². The third kappa shape index (κ3) is 45.3. The maximum atomic E-state index is 12.8. The minimum absolute atomic E-state index is 0.0639. The molecule has 0 bridgehead atoms. The normalized spacial score (nSPS) is 12.1. The van der Waals surface area contributed by atoms with Crippen LogP contribution in [0.5, 0.6) is 0 Å². The van der Waals surface area contributed by atoms with Crippen LogP contribution in [0.25, 0.3) is 0 Å². The van der Waals surface area contributed by atoms with E-state index in [2.05, 4.69) is 34.6 Å². The van der Waals surface area contributed by atoms with E-state index in [0.29, 0.717) is 19.3 Å². The fraction of sp³-hybridized carbons (Fsp3) is 0.941. The average Bonchev–Trinajstić information content (AvgIpc) is 3.18. The summed E-state index contributed by atoms with van der Waals surface area (Å²) in [6.07, 6.45) is 43.7. The smallest absolute Gasteiger partial charge is 0.306 e. The van der Waals surface area contributed by atoms with Gasteiger partial charge in [0.1, 0.15) is 13.2 Å². The van der Waals surface area contributed by atoms with Crippen molar-refractivity contribution in [3.8, 4) is 0 Å². The summed E-state index contributed by atoms with van der Waals surface area (Å²) in [5, 5.41) is 0. The van der Waals surface area contributed by atoms with Gasteiger partial charge in [0.2, 0.25) is 0 Å². The molecule has 1 atom stereocenters. The van der Waals surface area contributed by atoms with E-state index in [-0.39, 0.29) is 31.1 Å². The molecule has 0 aromatic rings. The van der Waals surface area contributed by atoms with Crippen molar-refractivity contribution in [3.63, 3.8) is 0 Å². The first-order valence-electron chi connectivity index (χ1n) is 25.2.